The molecule has 0 radical (unpaired) electrons. The van der Waals surface area contributed by atoms with Gasteiger partial charge in [-0.1, -0.05) is 0 Å². The summed E-state index contributed by atoms with van der Waals surface area (Å²) >= 11 is 0. The lowest BCUT2D eigenvalue weighted by Gasteiger charge is -2.35. The van der Waals surface area contributed by atoms with Gasteiger partial charge in [-0.2, -0.15) is 0 Å². The van der Waals surface area contributed by atoms with Gasteiger partial charge in [-0.25, -0.2) is 4.79 Å². The number of nitrogens with zero attached hydrogens (tertiary/aromatic N) is 1. The van der Waals surface area contributed by atoms with Gasteiger partial charge >= 0.3 is 18.0 Å². The highest BCUT2D eigenvalue weighted by Crippen LogP contribution is 2.24. The Hall–Kier alpha value is -1.79. The highest BCUT2D eigenvalue weighted by molar-refractivity contribution is 5.78. The first kappa shape index (κ1) is 16.3. The fourth-order valence-electron chi connectivity index (χ4n) is 2.09. The predicted octanol–water partition coefficient (Wildman–Crippen LogP) is 1.12. The Labute approximate surface area is 117 Å². The number of ether oxygens (including phenoxy) is 2. The standard InChI is InChI=1S/C13H21NO6/c1-13(2,3)20-12(18)14-6-8(10(15)16)5-9(7-14)11(17)19-4/h8-9H,5-7H2,1-4H3,(H,15,16)/t8-,9?/m0/s1. The number of amides is 1. The predicted molar refractivity (Wildman–Crippen MR) is 69.1 cm³/mol. The smallest absolute Gasteiger partial charge is 0.410 e. The topological polar surface area (TPSA) is 93.1 Å². The Kier molecular flexibility index (Phi) is 4.97. The molecule has 2 atom stereocenters. The molecule has 1 saturated heterocycles. The summed E-state index contributed by atoms with van der Waals surface area (Å²) in [7, 11) is 1.24. The third-order valence-corrected chi connectivity index (χ3v) is 2.99. The molecule has 1 N–H and O–H groups in total. The molecule has 1 aliphatic rings. The molecule has 0 spiro atoms. The molecule has 0 aliphatic carbocycles. The van der Waals surface area contributed by atoms with Gasteiger partial charge in [0.2, 0.25) is 0 Å². The quantitative estimate of drug-likeness (QED) is 0.765. The molecule has 0 aromatic carbocycles. The van der Waals surface area contributed by atoms with E-state index in [9.17, 15) is 14.4 Å². The van der Waals surface area contributed by atoms with Crippen molar-refractivity contribution >= 4 is 18.0 Å². The Balaban J connectivity index is 2.82. The summed E-state index contributed by atoms with van der Waals surface area (Å²) < 4.78 is 9.85. The van der Waals surface area contributed by atoms with E-state index in [1.165, 1.54) is 12.0 Å². The summed E-state index contributed by atoms with van der Waals surface area (Å²) in [5.74, 6) is -2.97. The summed E-state index contributed by atoms with van der Waals surface area (Å²) in [4.78, 5) is 36.0. The number of carbonyl (C=O) groups is 3. The van der Waals surface area contributed by atoms with Crippen LogP contribution in [0.4, 0.5) is 4.79 Å². The number of carboxylic acids is 1. The van der Waals surface area contributed by atoms with Crippen LogP contribution in [0.25, 0.3) is 0 Å². The van der Waals surface area contributed by atoms with Crippen LogP contribution in [0.2, 0.25) is 0 Å². The molecule has 0 aromatic rings. The highest BCUT2D eigenvalue weighted by Gasteiger charge is 2.38. The second kappa shape index (κ2) is 6.11. The third-order valence-electron chi connectivity index (χ3n) is 2.99. The van der Waals surface area contributed by atoms with Crippen LogP contribution in [0.3, 0.4) is 0 Å². The van der Waals surface area contributed by atoms with Gasteiger partial charge in [-0.15, -0.1) is 0 Å². The minimum Gasteiger partial charge on any atom is -0.481 e. The number of hydrogen-bond donors (Lipinski definition) is 1. The second-order valence-corrected chi connectivity index (χ2v) is 5.88. The molecule has 20 heavy (non-hydrogen) atoms. The molecule has 1 rings (SSSR count). The van der Waals surface area contributed by atoms with Crippen molar-refractivity contribution in [1.29, 1.82) is 0 Å². The average molecular weight is 287 g/mol. The zero-order valence-corrected chi connectivity index (χ0v) is 12.2. The summed E-state index contributed by atoms with van der Waals surface area (Å²) in [6.45, 7) is 5.33. The second-order valence-electron chi connectivity index (χ2n) is 5.88. The molecule has 1 amide bonds. The van der Waals surface area contributed by atoms with Crippen LogP contribution in [0, 0.1) is 11.8 Å². The van der Waals surface area contributed by atoms with Crippen molar-refractivity contribution in [3.63, 3.8) is 0 Å². The fourth-order valence-corrected chi connectivity index (χ4v) is 2.09. The van der Waals surface area contributed by atoms with Crippen LogP contribution in [-0.2, 0) is 19.1 Å². The number of methoxy groups -OCH3 is 1. The Morgan fingerprint density at radius 2 is 1.70 bits per heavy atom. The van der Waals surface area contributed by atoms with Crippen molar-refractivity contribution in [2.75, 3.05) is 20.2 Å². The Morgan fingerprint density at radius 3 is 2.15 bits per heavy atom. The number of carboxylic acid groups (broad SMARTS) is 1. The Bertz CT molecular complexity index is 400. The third kappa shape index (κ3) is 4.40. The molecular weight excluding hydrogens is 266 g/mol. The number of carbonyl (C=O) groups excluding carboxylic acids is 2. The summed E-state index contributed by atoms with van der Waals surface area (Å²) in [6.07, 6.45) is -0.446. The number of aliphatic carboxylic acids is 1. The largest absolute Gasteiger partial charge is 0.481 e. The first-order valence-corrected chi connectivity index (χ1v) is 6.42. The minimum atomic E-state index is -1.04. The van der Waals surface area contributed by atoms with Crippen molar-refractivity contribution < 1.29 is 29.0 Å². The number of piperidine rings is 1. The van der Waals surface area contributed by atoms with Crippen LogP contribution in [0.15, 0.2) is 0 Å². The molecule has 0 bridgehead atoms. The van der Waals surface area contributed by atoms with E-state index in [2.05, 4.69) is 4.74 Å². The normalized spacial score (nSPS) is 23.1. The molecule has 1 aliphatic heterocycles. The van der Waals surface area contributed by atoms with E-state index in [4.69, 9.17) is 9.84 Å². The van der Waals surface area contributed by atoms with Crippen LogP contribution in [0.5, 0.6) is 0 Å². The van der Waals surface area contributed by atoms with Crippen LogP contribution in [-0.4, -0.2) is 53.8 Å². The van der Waals surface area contributed by atoms with Crippen molar-refractivity contribution in [3.8, 4) is 0 Å². The van der Waals surface area contributed by atoms with E-state index >= 15 is 0 Å². The van der Waals surface area contributed by atoms with Gasteiger partial charge in [0.15, 0.2) is 0 Å². The monoisotopic (exact) mass is 287 g/mol. The summed E-state index contributed by atoms with van der Waals surface area (Å²) in [5.41, 5.74) is -0.673. The van der Waals surface area contributed by atoms with Crippen LogP contribution >= 0.6 is 0 Å². The van der Waals surface area contributed by atoms with Gasteiger partial charge in [-0.05, 0) is 27.2 Å². The van der Waals surface area contributed by atoms with Gasteiger partial charge in [0.25, 0.3) is 0 Å². The molecule has 1 heterocycles. The maximum Gasteiger partial charge on any atom is 0.410 e. The summed E-state index contributed by atoms with van der Waals surface area (Å²) in [6, 6.07) is 0. The zero-order valence-electron chi connectivity index (χ0n) is 12.2. The number of likely N-dealkylation sites (tertiary alicyclic amines) is 1. The van der Waals surface area contributed by atoms with Crippen molar-refractivity contribution in [3.05, 3.63) is 0 Å². The zero-order chi connectivity index (χ0) is 15.5. The molecule has 0 aromatic heterocycles. The van der Waals surface area contributed by atoms with Crippen molar-refractivity contribution in [2.45, 2.75) is 32.8 Å². The first-order chi connectivity index (χ1) is 9.14. The molecule has 0 saturated carbocycles. The number of hydrogen-bond acceptors (Lipinski definition) is 5. The van der Waals surface area contributed by atoms with E-state index in [0.29, 0.717) is 0 Å². The van der Waals surface area contributed by atoms with Gasteiger partial charge < -0.3 is 19.5 Å². The molecule has 1 fully saturated rings. The molecular formula is C13H21NO6. The maximum atomic E-state index is 12.0. The van der Waals surface area contributed by atoms with Gasteiger partial charge in [-0.3, -0.25) is 9.59 Å². The van der Waals surface area contributed by atoms with Crippen molar-refractivity contribution in [1.82, 2.24) is 4.90 Å². The molecule has 7 heteroatoms. The lowest BCUT2D eigenvalue weighted by atomic mass is 9.89. The number of rotatable bonds is 2. The number of esters is 1. The van der Waals surface area contributed by atoms with Gasteiger partial charge in [0, 0.05) is 13.1 Å². The first-order valence-electron chi connectivity index (χ1n) is 6.42. The van der Waals surface area contributed by atoms with Gasteiger partial charge in [0.1, 0.15) is 5.60 Å². The minimum absolute atomic E-state index is 0.0394. The fraction of sp³-hybridized carbons (Fsp3) is 0.769. The van der Waals surface area contributed by atoms with Crippen molar-refractivity contribution in [2.24, 2.45) is 11.8 Å². The SMILES string of the molecule is COC(=O)C1C[C@H](C(=O)O)CN(C(=O)OC(C)(C)C)C1. The lowest BCUT2D eigenvalue weighted by Crippen LogP contribution is -2.49. The summed E-state index contributed by atoms with van der Waals surface area (Å²) in [5, 5.41) is 9.11. The Morgan fingerprint density at radius 1 is 1.15 bits per heavy atom. The van der Waals surface area contributed by atoms with Crippen LogP contribution in [0.1, 0.15) is 27.2 Å². The molecule has 1 unspecified atom stereocenters. The lowest BCUT2D eigenvalue weighted by molar-refractivity contribution is -0.151. The van der Waals surface area contributed by atoms with E-state index in [-0.39, 0.29) is 19.5 Å². The average Bonchev–Trinajstić information content (AvgIpc) is 2.35. The maximum absolute atomic E-state index is 12.0. The van der Waals surface area contributed by atoms with E-state index in [0.717, 1.165) is 0 Å². The molecule has 114 valence electrons. The van der Waals surface area contributed by atoms with Gasteiger partial charge in [0.05, 0.1) is 18.9 Å². The van der Waals surface area contributed by atoms with E-state index < -0.39 is 35.5 Å². The highest BCUT2D eigenvalue weighted by atomic mass is 16.6. The van der Waals surface area contributed by atoms with E-state index in [1.807, 2.05) is 0 Å². The molecule has 7 nitrogen and oxygen atoms in total. The van der Waals surface area contributed by atoms with E-state index in [1.54, 1.807) is 20.8 Å². The van der Waals surface area contributed by atoms with Crippen LogP contribution < -0.4 is 0 Å².